The van der Waals surface area contributed by atoms with Crippen molar-refractivity contribution >= 4 is 23.3 Å². The molecule has 5 nitrogen and oxygen atoms in total. The molecule has 0 unspecified atom stereocenters. The van der Waals surface area contributed by atoms with E-state index in [1.54, 1.807) is 28.9 Å². The SMILES string of the molecule is Cc1cc(Cl)ccc1OCC(=O)Nc1ccn(Cc2ccccc2)n1. The molecule has 6 heteroatoms. The lowest BCUT2D eigenvalue weighted by Gasteiger charge is -2.09. The molecule has 0 fully saturated rings. The van der Waals surface area contributed by atoms with Crippen LogP contribution in [0.3, 0.4) is 0 Å². The molecule has 1 N–H and O–H groups in total. The van der Waals surface area contributed by atoms with E-state index in [9.17, 15) is 4.79 Å². The first-order chi connectivity index (χ1) is 12.1. The molecule has 1 aromatic heterocycles. The van der Waals surface area contributed by atoms with Crippen molar-refractivity contribution in [2.24, 2.45) is 0 Å². The largest absolute Gasteiger partial charge is 0.483 e. The molecule has 0 atom stereocenters. The molecule has 3 rings (SSSR count). The van der Waals surface area contributed by atoms with Crippen LogP contribution in [-0.2, 0) is 11.3 Å². The number of rotatable bonds is 6. The van der Waals surface area contributed by atoms with Gasteiger partial charge in [0.05, 0.1) is 6.54 Å². The number of halogens is 1. The van der Waals surface area contributed by atoms with Crippen LogP contribution in [0.15, 0.2) is 60.8 Å². The average molecular weight is 356 g/mol. The molecule has 0 aliphatic rings. The monoisotopic (exact) mass is 355 g/mol. The number of nitrogens with one attached hydrogen (secondary N) is 1. The Labute approximate surface area is 151 Å². The number of nitrogens with zero attached hydrogens (tertiary/aromatic N) is 2. The van der Waals surface area contributed by atoms with E-state index in [-0.39, 0.29) is 12.5 Å². The first-order valence-electron chi connectivity index (χ1n) is 7.86. The molecule has 0 aliphatic carbocycles. The lowest BCUT2D eigenvalue weighted by molar-refractivity contribution is -0.118. The van der Waals surface area contributed by atoms with Crippen molar-refractivity contribution in [2.45, 2.75) is 13.5 Å². The first-order valence-corrected chi connectivity index (χ1v) is 8.24. The predicted octanol–water partition coefficient (Wildman–Crippen LogP) is 3.91. The highest BCUT2D eigenvalue weighted by Crippen LogP contribution is 2.21. The Hall–Kier alpha value is -2.79. The number of hydrogen-bond donors (Lipinski definition) is 1. The van der Waals surface area contributed by atoms with Gasteiger partial charge in [0.15, 0.2) is 12.4 Å². The Morgan fingerprint density at radius 2 is 2.00 bits per heavy atom. The Balaban J connectivity index is 1.53. The fourth-order valence-corrected chi connectivity index (χ4v) is 2.61. The molecule has 3 aromatic rings. The summed E-state index contributed by atoms with van der Waals surface area (Å²) in [6, 6.07) is 17.0. The minimum Gasteiger partial charge on any atom is -0.483 e. The van der Waals surface area contributed by atoms with Gasteiger partial charge in [-0.05, 0) is 36.2 Å². The van der Waals surface area contributed by atoms with Crippen molar-refractivity contribution in [1.82, 2.24) is 9.78 Å². The molecule has 0 bridgehead atoms. The van der Waals surface area contributed by atoms with Crippen molar-refractivity contribution in [2.75, 3.05) is 11.9 Å². The van der Waals surface area contributed by atoms with Gasteiger partial charge < -0.3 is 10.1 Å². The smallest absolute Gasteiger partial charge is 0.263 e. The summed E-state index contributed by atoms with van der Waals surface area (Å²) in [7, 11) is 0. The number of anilines is 1. The lowest BCUT2D eigenvalue weighted by Crippen LogP contribution is -2.20. The third-order valence-corrected chi connectivity index (χ3v) is 3.83. The summed E-state index contributed by atoms with van der Waals surface area (Å²) in [5, 5.41) is 7.71. The molecule has 0 saturated heterocycles. The number of hydrogen-bond acceptors (Lipinski definition) is 3. The molecule has 0 spiro atoms. The van der Waals surface area contributed by atoms with Gasteiger partial charge in [0.2, 0.25) is 0 Å². The Bertz CT molecular complexity index is 862. The molecule has 1 amide bonds. The van der Waals surface area contributed by atoms with Gasteiger partial charge in [0, 0.05) is 17.3 Å². The van der Waals surface area contributed by atoms with E-state index in [1.807, 2.05) is 43.5 Å². The fraction of sp³-hybridized carbons (Fsp3) is 0.158. The third kappa shape index (κ3) is 4.84. The first kappa shape index (κ1) is 17.0. The zero-order valence-corrected chi connectivity index (χ0v) is 14.5. The van der Waals surface area contributed by atoms with Gasteiger partial charge in [-0.25, -0.2) is 0 Å². The van der Waals surface area contributed by atoms with E-state index >= 15 is 0 Å². The normalized spacial score (nSPS) is 10.5. The molecule has 128 valence electrons. The van der Waals surface area contributed by atoms with Crippen molar-refractivity contribution in [3.05, 3.63) is 76.9 Å². The topological polar surface area (TPSA) is 56.1 Å². The Morgan fingerprint density at radius 3 is 2.76 bits per heavy atom. The number of amides is 1. The van der Waals surface area contributed by atoms with Crippen LogP contribution in [0, 0.1) is 6.92 Å². The average Bonchev–Trinajstić information content (AvgIpc) is 3.02. The minimum atomic E-state index is -0.265. The fourth-order valence-electron chi connectivity index (χ4n) is 2.38. The summed E-state index contributed by atoms with van der Waals surface area (Å²) in [6.45, 7) is 2.44. The zero-order chi connectivity index (χ0) is 17.6. The quantitative estimate of drug-likeness (QED) is 0.729. The van der Waals surface area contributed by atoms with E-state index in [1.165, 1.54) is 0 Å². The van der Waals surface area contributed by atoms with Gasteiger partial charge >= 0.3 is 0 Å². The van der Waals surface area contributed by atoms with Crippen molar-refractivity contribution in [3.8, 4) is 5.75 Å². The highest BCUT2D eigenvalue weighted by Gasteiger charge is 2.08. The molecule has 2 aromatic carbocycles. The second-order valence-electron chi connectivity index (χ2n) is 5.63. The van der Waals surface area contributed by atoms with Crippen LogP contribution in [0.5, 0.6) is 5.75 Å². The maximum atomic E-state index is 12.0. The molecular formula is C19H18ClN3O2. The third-order valence-electron chi connectivity index (χ3n) is 3.59. The van der Waals surface area contributed by atoms with Gasteiger partial charge in [0.25, 0.3) is 5.91 Å². The number of aryl methyl sites for hydroxylation is 1. The number of aromatic nitrogens is 2. The molecular weight excluding hydrogens is 338 g/mol. The number of carbonyl (C=O) groups is 1. The minimum absolute atomic E-state index is 0.0893. The standard InChI is InChI=1S/C19H18ClN3O2/c1-14-11-16(20)7-8-17(14)25-13-19(24)21-18-9-10-23(22-18)12-15-5-3-2-4-6-15/h2-11H,12-13H2,1H3,(H,21,22,24). The number of ether oxygens (including phenoxy) is 1. The van der Waals surface area contributed by atoms with Crippen molar-refractivity contribution < 1.29 is 9.53 Å². The van der Waals surface area contributed by atoms with E-state index in [0.717, 1.165) is 11.1 Å². The van der Waals surface area contributed by atoms with Gasteiger partial charge in [0.1, 0.15) is 5.75 Å². The van der Waals surface area contributed by atoms with E-state index in [4.69, 9.17) is 16.3 Å². The van der Waals surface area contributed by atoms with Crippen LogP contribution in [0.2, 0.25) is 5.02 Å². The summed E-state index contributed by atoms with van der Waals surface area (Å²) in [6.07, 6.45) is 1.83. The van der Waals surface area contributed by atoms with Crippen LogP contribution >= 0.6 is 11.6 Å². The molecule has 25 heavy (non-hydrogen) atoms. The summed E-state index contributed by atoms with van der Waals surface area (Å²) in [5.41, 5.74) is 2.03. The summed E-state index contributed by atoms with van der Waals surface area (Å²) >= 11 is 5.90. The second-order valence-corrected chi connectivity index (χ2v) is 6.07. The summed E-state index contributed by atoms with van der Waals surface area (Å²) in [5.74, 6) is 0.867. The van der Waals surface area contributed by atoms with Crippen LogP contribution < -0.4 is 10.1 Å². The second kappa shape index (κ2) is 7.85. The highest BCUT2D eigenvalue weighted by molar-refractivity contribution is 6.30. The predicted molar refractivity (Wildman–Crippen MR) is 98.1 cm³/mol. The number of carbonyl (C=O) groups excluding carboxylic acids is 1. The Kier molecular flexibility index (Phi) is 5.36. The zero-order valence-electron chi connectivity index (χ0n) is 13.8. The van der Waals surface area contributed by atoms with Gasteiger partial charge in [-0.1, -0.05) is 41.9 Å². The molecule has 1 heterocycles. The highest BCUT2D eigenvalue weighted by atomic mass is 35.5. The van der Waals surface area contributed by atoms with Crippen LogP contribution in [-0.4, -0.2) is 22.3 Å². The Morgan fingerprint density at radius 1 is 1.20 bits per heavy atom. The summed E-state index contributed by atoms with van der Waals surface area (Å²) in [4.78, 5) is 12.0. The van der Waals surface area contributed by atoms with Crippen LogP contribution in [0.1, 0.15) is 11.1 Å². The molecule has 0 saturated carbocycles. The van der Waals surface area contributed by atoms with E-state index < -0.39 is 0 Å². The van der Waals surface area contributed by atoms with Crippen LogP contribution in [0.25, 0.3) is 0 Å². The van der Waals surface area contributed by atoms with Gasteiger partial charge in [-0.2, -0.15) is 5.10 Å². The van der Waals surface area contributed by atoms with Crippen LogP contribution in [0.4, 0.5) is 5.82 Å². The summed E-state index contributed by atoms with van der Waals surface area (Å²) < 4.78 is 7.30. The lowest BCUT2D eigenvalue weighted by atomic mass is 10.2. The van der Waals surface area contributed by atoms with E-state index in [0.29, 0.717) is 23.1 Å². The maximum Gasteiger partial charge on any atom is 0.263 e. The molecule has 0 aliphatic heterocycles. The van der Waals surface area contributed by atoms with E-state index in [2.05, 4.69) is 10.4 Å². The maximum absolute atomic E-state index is 12.0. The number of benzene rings is 2. The molecule has 0 radical (unpaired) electrons. The van der Waals surface area contributed by atoms with Crippen molar-refractivity contribution in [1.29, 1.82) is 0 Å². The van der Waals surface area contributed by atoms with Gasteiger partial charge in [-0.15, -0.1) is 0 Å². The van der Waals surface area contributed by atoms with Gasteiger partial charge in [-0.3, -0.25) is 9.48 Å². The van der Waals surface area contributed by atoms with Crippen molar-refractivity contribution in [3.63, 3.8) is 0 Å².